The second-order valence-corrected chi connectivity index (χ2v) is 14.0. The summed E-state index contributed by atoms with van der Waals surface area (Å²) in [5.74, 6) is 0.235. The van der Waals surface area contributed by atoms with E-state index in [2.05, 4.69) is 10.6 Å². The lowest BCUT2D eigenvalue weighted by atomic mass is 9.51. The van der Waals surface area contributed by atoms with Gasteiger partial charge in [0.05, 0.1) is 12.6 Å². The van der Waals surface area contributed by atoms with E-state index in [1.807, 2.05) is 42.5 Å². The molecule has 4 bridgehead atoms. The molecule has 1 heterocycles. The van der Waals surface area contributed by atoms with Crippen molar-refractivity contribution in [2.45, 2.75) is 50.1 Å². The van der Waals surface area contributed by atoms with E-state index in [0.29, 0.717) is 44.9 Å². The van der Waals surface area contributed by atoms with E-state index in [1.165, 1.54) is 7.11 Å². The van der Waals surface area contributed by atoms with Crippen molar-refractivity contribution >= 4 is 51.9 Å². The largest absolute Gasteiger partial charge is 0.464 e. The number of halogens is 2. The van der Waals surface area contributed by atoms with Crippen molar-refractivity contribution in [2.24, 2.45) is 17.8 Å². The molecule has 0 aliphatic heterocycles. The van der Waals surface area contributed by atoms with Gasteiger partial charge in [-0.3, -0.25) is 14.4 Å². The summed E-state index contributed by atoms with van der Waals surface area (Å²) in [7, 11) is 1.29. The fourth-order valence-electron chi connectivity index (χ4n) is 8.68. The lowest BCUT2D eigenvalue weighted by Crippen LogP contribution is -2.66. The van der Waals surface area contributed by atoms with Crippen molar-refractivity contribution in [1.82, 2.24) is 15.2 Å². The summed E-state index contributed by atoms with van der Waals surface area (Å²) in [5, 5.41) is 7.39. The van der Waals surface area contributed by atoms with Crippen LogP contribution in [0.5, 0.6) is 0 Å². The number of benzene rings is 3. The Morgan fingerprint density at radius 2 is 1.66 bits per heavy atom. The van der Waals surface area contributed by atoms with Crippen molar-refractivity contribution < 1.29 is 19.1 Å². The molecule has 2 atom stereocenters. The van der Waals surface area contributed by atoms with Crippen molar-refractivity contribution in [1.29, 1.82) is 0 Å². The van der Waals surface area contributed by atoms with Crippen LogP contribution in [0.3, 0.4) is 0 Å². The van der Waals surface area contributed by atoms with Gasteiger partial charge < -0.3 is 19.9 Å². The molecule has 4 aliphatic rings. The van der Waals surface area contributed by atoms with Gasteiger partial charge in [-0.25, -0.2) is 4.79 Å². The summed E-state index contributed by atoms with van der Waals surface area (Å²) in [5.41, 5.74) is 2.40. The van der Waals surface area contributed by atoms with Crippen LogP contribution in [-0.2, 0) is 16.0 Å². The molecule has 4 fully saturated rings. The number of alkyl halides is 1. The van der Waals surface area contributed by atoms with E-state index in [0.717, 1.165) is 37.7 Å². The Balaban J connectivity index is 1.16. The molecule has 8 nitrogen and oxygen atoms in total. The smallest absolute Gasteiger partial charge is 0.355 e. The Morgan fingerprint density at radius 1 is 0.957 bits per heavy atom. The minimum atomic E-state index is -0.640. The van der Waals surface area contributed by atoms with E-state index in [9.17, 15) is 19.2 Å². The van der Waals surface area contributed by atoms with E-state index in [1.54, 1.807) is 34.9 Å². The van der Waals surface area contributed by atoms with Crippen molar-refractivity contribution in [3.05, 3.63) is 110 Å². The fraction of sp³-hybridized carbons (Fsp3) is 0.351. The second kappa shape index (κ2) is 12.5. The van der Waals surface area contributed by atoms with Gasteiger partial charge in [0.25, 0.3) is 5.91 Å². The molecule has 0 radical (unpaired) electrons. The van der Waals surface area contributed by atoms with Crippen LogP contribution in [-0.4, -0.2) is 46.9 Å². The highest BCUT2D eigenvalue weighted by Gasteiger charge is 2.56. The molecular formula is C37H35Cl2N3O5. The summed E-state index contributed by atoms with van der Waals surface area (Å²) >= 11 is 12.1. The van der Waals surface area contributed by atoms with Gasteiger partial charge in [-0.2, -0.15) is 0 Å². The van der Waals surface area contributed by atoms with Crippen LogP contribution in [0, 0.1) is 17.8 Å². The zero-order valence-electron chi connectivity index (χ0n) is 25.9. The SMILES string of the molecule is COC(=O)c1c(Cc2ccc(C(=O)NC3C4CC5CC3CC(NC(=O)CCl)(C5)C4)cc2)c(=O)c2ccc(Cl)cc2n1-c1ccccc1. The van der Waals surface area contributed by atoms with Crippen LogP contribution >= 0.6 is 23.2 Å². The van der Waals surface area contributed by atoms with Gasteiger partial charge >= 0.3 is 5.97 Å². The van der Waals surface area contributed by atoms with Gasteiger partial charge in [-0.1, -0.05) is 41.9 Å². The standard InChI is InChI=1S/C37H35Cl2N3O5/c1-47-36(46)33-29(34(44)28-12-11-26(39)16-30(28)42(33)27-5-3-2-4-6-27)15-21-7-9-23(10-8-21)35(45)40-32-24-13-22-14-25(32)19-37(17-22,18-24)41-31(43)20-38/h2-12,16,22,24-25,32H,13-15,17-20H2,1H3,(H,40,45)(H,41,43). The number of carbonyl (C=O) groups is 3. The summed E-state index contributed by atoms with van der Waals surface area (Å²) in [4.78, 5) is 52.9. The number of para-hydroxylation sites is 1. The molecule has 2 unspecified atom stereocenters. The predicted molar refractivity (Wildman–Crippen MR) is 182 cm³/mol. The fourth-order valence-corrected chi connectivity index (χ4v) is 8.92. The molecule has 3 aromatic carbocycles. The highest BCUT2D eigenvalue weighted by molar-refractivity contribution is 6.31. The van der Waals surface area contributed by atoms with E-state index >= 15 is 0 Å². The van der Waals surface area contributed by atoms with Crippen LogP contribution in [0.2, 0.25) is 5.02 Å². The molecule has 47 heavy (non-hydrogen) atoms. The highest BCUT2D eigenvalue weighted by atomic mass is 35.5. The van der Waals surface area contributed by atoms with Crippen molar-refractivity contribution in [3.8, 4) is 5.69 Å². The number of fused-ring (bicyclic) bond motifs is 1. The number of nitrogens with zero attached hydrogens (tertiary/aromatic N) is 1. The number of amides is 2. The Bertz CT molecular complexity index is 1930. The highest BCUT2D eigenvalue weighted by Crippen LogP contribution is 2.55. The molecular weight excluding hydrogens is 637 g/mol. The first-order chi connectivity index (χ1) is 22.7. The Labute approximate surface area is 282 Å². The number of hydrogen-bond donors (Lipinski definition) is 2. The van der Waals surface area contributed by atoms with Gasteiger partial charge in [0.1, 0.15) is 11.6 Å². The van der Waals surface area contributed by atoms with Gasteiger partial charge in [0.2, 0.25) is 5.91 Å². The van der Waals surface area contributed by atoms with E-state index in [4.69, 9.17) is 27.9 Å². The first kappa shape index (κ1) is 31.5. The zero-order valence-corrected chi connectivity index (χ0v) is 27.4. The second-order valence-electron chi connectivity index (χ2n) is 13.3. The molecule has 4 aromatic rings. The van der Waals surface area contributed by atoms with E-state index < -0.39 is 5.97 Å². The summed E-state index contributed by atoms with van der Waals surface area (Å²) in [6.45, 7) is 0. The molecule has 2 N–H and O–H groups in total. The number of ether oxygens (including phenoxy) is 1. The van der Waals surface area contributed by atoms with E-state index in [-0.39, 0.29) is 52.4 Å². The average molecular weight is 673 g/mol. The number of carbonyl (C=O) groups excluding carboxylic acids is 3. The maximum atomic E-state index is 13.9. The van der Waals surface area contributed by atoms with Gasteiger partial charge in [-0.15, -0.1) is 11.6 Å². The molecule has 4 aliphatic carbocycles. The third-order valence-corrected chi connectivity index (χ3v) is 10.8. The molecule has 0 spiro atoms. The number of hydrogen-bond acceptors (Lipinski definition) is 5. The minimum Gasteiger partial charge on any atom is -0.464 e. The van der Waals surface area contributed by atoms with Crippen LogP contribution < -0.4 is 16.1 Å². The number of esters is 1. The number of nitrogens with one attached hydrogen (secondary N) is 2. The Kier molecular flexibility index (Phi) is 8.35. The lowest BCUT2D eigenvalue weighted by Gasteiger charge is -2.60. The van der Waals surface area contributed by atoms with Crippen LogP contribution in [0.4, 0.5) is 0 Å². The normalized spacial score (nSPS) is 24.2. The Hall–Kier alpha value is -4.14. The number of methoxy groups -OCH3 is 1. The average Bonchev–Trinajstić information content (AvgIpc) is 3.07. The lowest BCUT2D eigenvalue weighted by molar-refractivity contribution is -0.125. The summed E-state index contributed by atoms with van der Waals surface area (Å²) in [6, 6.07) is 21.5. The zero-order chi connectivity index (χ0) is 32.9. The molecule has 4 saturated carbocycles. The molecule has 0 saturated heterocycles. The maximum absolute atomic E-state index is 13.9. The first-order valence-electron chi connectivity index (χ1n) is 16.0. The van der Waals surface area contributed by atoms with Crippen LogP contribution in [0.25, 0.3) is 16.6 Å². The van der Waals surface area contributed by atoms with Crippen molar-refractivity contribution in [3.63, 3.8) is 0 Å². The maximum Gasteiger partial charge on any atom is 0.355 e. The molecule has 242 valence electrons. The number of rotatable bonds is 8. The monoisotopic (exact) mass is 671 g/mol. The molecule has 8 rings (SSSR count). The Morgan fingerprint density at radius 3 is 2.32 bits per heavy atom. The minimum absolute atomic E-state index is 0.0409. The number of pyridine rings is 1. The molecule has 2 amide bonds. The molecule has 1 aromatic heterocycles. The van der Waals surface area contributed by atoms with Crippen LogP contribution in [0.15, 0.2) is 77.6 Å². The molecule has 10 heteroatoms. The van der Waals surface area contributed by atoms with Crippen molar-refractivity contribution in [2.75, 3.05) is 13.0 Å². The van der Waals surface area contributed by atoms with Gasteiger partial charge in [-0.05, 0) is 97.9 Å². The topological polar surface area (TPSA) is 106 Å². The number of aromatic nitrogens is 1. The summed E-state index contributed by atoms with van der Waals surface area (Å²) in [6.07, 6.45) is 4.96. The van der Waals surface area contributed by atoms with Gasteiger partial charge in [0.15, 0.2) is 5.43 Å². The third kappa shape index (κ3) is 5.82. The van der Waals surface area contributed by atoms with Crippen LogP contribution in [0.1, 0.15) is 64.1 Å². The summed E-state index contributed by atoms with van der Waals surface area (Å²) < 4.78 is 6.92. The third-order valence-electron chi connectivity index (χ3n) is 10.3. The first-order valence-corrected chi connectivity index (χ1v) is 16.9. The quantitative estimate of drug-likeness (QED) is 0.175. The predicted octanol–water partition coefficient (Wildman–Crippen LogP) is 6.05. The van der Waals surface area contributed by atoms with Gasteiger partial charge in [0, 0.05) is 45.2 Å².